The summed E-state index contributed by atoms with van der Waals surface area (Å²) in [4.78, 5) is 0. The summed E-state index contributed by atoms with van der Waals surface area (Å²) in [5.74, 6) is 0. The quantitative estimate of drug-likeness (QED) is 0.677. The van der Waals surface area contributed by atoms with E-state index in [1.54, 1.807) is 6.92 Å². The Balaban J connectivity index is 4.29. The van der Waals surface area contributed by atoms with Crippen molar-refractivity contribution in [2.45, 2.75) is 39.7 Å². The van der Waals surface area contributed by atoms with E-state index in [1.165, 1.54) is 0 Å². The van der Waals surface area contributed by atoms with E-state index in [0.29, 0.717) is 0 Å². The first-order valence-electron chi connectivity index (χ1n) is 3.68. The molecule has 0 radical (unpaired) electrons. The van der Waals surface area contributed by atoms with Gasteiger partial charge in [-0.25, -0.2) is 0 Å². The summed E-state index contributed by atoms with van der Waals surface area (Å²) in [6.45, 7) is 5.73. The maximum Gasteiger partial charge on any atom is 0.0736 e. The van der Waals surface area contributed by atoms with E-state index in [2.05, 4.69) is 0 Å². The molecule has 10 heavy (non-hydrogen) atoms. The van der Waals surface area contributed by atoms with Gasteiger partial charge in [0.05, 0.1) is 6.10 Å². The van der Waals surface area contributed by atoms with Gasteiger partial charge in [0.1, 0.15) is 0 Å². The topological polar surface area (TPSA) is 20.2 Å². The Kier molecular flexibility index (Phi) is 4.75. The summed E-state index contributed by atoms with van der Waals surface area (Å²) in [5.41, 5.74) is 0.962. The highest BCUT2D eigenvalue weighted by Gasteiger charge is 2.05. The van der Waals surface area contributed by atoms with E-state index in [1.807, 2.05) is 13.8 Å². The van der Waals surface area contributed by atoms with Crippen molar-refractivity contribution in [3.8, 4) is 0 Å². The Bertz CT molecular complexity index is 127. The second-order valence-electron chi connectivity index (χ2n) is 2.31. The molecule has 0 aromatic rings. The van der Waals surface area contributed by atoms with Crippen molar-refractivity contribution in [1.82, 2.24) is 0 Å². The Hall–Kier alpha value is -0.0100. The average molecular weight is 163 g/mol. The number of halogens is 1. The molecule has 0 aliphatic heterocycles. The van der Waals surface area contributed by atoms with E-state index in [4.69, 9.17) is 11.6 Å². The normalized spacial score (nSPS) is 16.5. The molecule has 1 unspecified atom stereocenters. The highest BCUT2D eigenvalue weighted by atomic mass is 35.5. The highest BCUT2D eigenvalue weighted by Crippen LogP contribution is 2.19. The molecule has 0 aromatic carbocycles. The number of hydrogen-bond acceptors (Lipinski definition) is 1. The minimum absolute atomic E-state index is 0.391. The maximum atomic E-state index is 9.17. The molecular formula is C8H15ClO. The zero-order valence-electron chi connectivity index (χ0n) is 6.82. The molecule has 1 nitrogen and oxygen atoms in total. The first kappa shape index (κ1) is 9.99. The minimum atomic E-state index is -0.391. The van der Waals surface area contributed by atoms with Gasteiger partial charge < -0.3 is 5.11 Å². The van der Waals surface area contributed by atoms with Crippen LogP contribution in [-0.2, 0) is 0 Å². The van der Waals surface area contributed by atoms with E-state index >= 15 is 0 Å². The van der Waals surface area contributed by atoms with Gasteiger partial charge in [-0.1, -0.05) is 25.4 Å². The Labute approximate surface area is 67.7 Å². The second-order valence-corrected chi connectivity index (χ2v) is 2.77. The Morgan fingerprint density at radius 1 is 1.40 bits per heavy atom. The van der Waals surface area contributed by atoms with Gasteiger partial charge in [-0.3, -0.25) is 0 Å². The molecule has 0 bridgehead atoms. The molecule has 1 N–H and O–H groups in total. The summed E-state index contributed by atoms with van der Waals surface area (Å²) in [7, 11) is 0. The van der Waals surface area contributed by atoms with Crippen LogP contribution >= 0.6 is 11.6 Å². The molecule has 0 amide bonds. The number of rotatable bonds is 3. The monoisotopic (exact) mass is 162 g/mol. The van der Waals surface area contributed by atoms with Crippen LogP contribution in [0.2, 0.25) is 0 Å². The fourth-order valence-corrected chi connectivity index (χ4v) is 1.23. The van der Waals surface area contributed by atoms with Crippen LogP contribution in [0.3, 0.4) is 0 Å². The molecule has 0 saturated carbocycles. The fraction of sp³-hybridized carbons (Fsp3) is 0.750. The van der Waals surface area contributed by atoms with Gasteiger partial charge in [0.15, 0.2) is 0 Å². The third-order valence-corrected chi connectivity index (χ3v) is 2.05. The first-order chi connectivity index (χ1) is 4.63. The van der Waals surface area contributed by atoms with E-state index in [-0.39, 0.29) is 0 Å². The molecule has 0 spiro atoms. The van der Waals surface area contributed by atoms with Gasteiger partial charge in [0.2, 0.25) is 0 Å². The second kappa shape index (κ2) is 4.75. The third-order valence-electron chi connectivity index (χ3n) is 1.54. The van der Waals surface area contributed by atoms with Crippen molar-refractivity contribution in [3.05, 3.63) is 10.6 Å². The standard InChI is InChI=1S/C8H15ClO/c1-4-7(6(3)10)8(9)5-2/h6,10H,4-5H2,1-3H3/b8-7-. The van der Waals surface area contributed by atoms with E-state index in [9.17, 15) is 5.11 Å². The van der Waals surface area contributed by atoms with Gasteiger partial charge in [-0.2, -0.15) is 0 Å². The summed E-state index contributed by atoms with van der Waals surface area (Å²) in [5, 5.41) is 9.97. The lowest BCUT2D eigenvalue weighted by Gasteiger charge is -2.09. The number of allylic oxidation sites excluding steroid dienone is 1. The van der Waals surface area contributed by atoms with E-state index < -0.39 is 6.10 Å². The van der Waals surface area contributed by atoms with Crippen molar-refractivity contribution in [1.29, 1.82) is 0 Å². The van der Waals surface area contributed by atoms with Crippen molar-refractivity contribution in [2.24, 2.45) is 0 Å². The molecule has 0 aromatic heterocycles. The highest BCUT2D eigenvalue weighted by molar-refractivity contribution is 6.29. The summed E-state index contributed by atoms with van der Waals surface area (Å²) >= 11 is 5.85. The smallest absolute Gasteiger partial charge is 0.0736 e. The molecule has 0 aliphatic rings. The predicted molar refractivity (Wildman–Crippen MR) is 45.1 cm³/mol. The minimum Gasteiger partial charge on any atom is -0.389 e. The molecule has 2 heteroatoms. The molecule has 0 rings (SSSR count). The zero-order valence-corrected chi connectivity index (χ0v) is 7.57. The largest absolute Gasteiger partial charge is 0.389 e. The van der Waals surface area contributed by atoms with Gasteiger partial charge in [0, 0.05) is 5.03 Å². The van der Waals surface area contributed by atoms with Crippen molar-refractivity contribution in [2.75, 3.05) is 0 Å². The van der Waals surface area contributed by atoms with Gasteiger partial charge in [0.25, 0.3) is 0 Å². The van der Waals surface area contributed by atoms with Gasteiger partial charge >= 0.3 is 0 Å². The van der Waals surface area contributed by atoms with Crippen molar-refractivity contribution in [3.63, 3.8) is 0 Å². The average Bonchev–Trinajstić information content (AvgIpc) is 1.88. The van der Waals surface area contributed by atoms with Gasteiger partial charge in [-0.05, 0) is 25.3 Å². The van der Waals surface area contributed by atoms with Crippen LogP contribution in [0.4, 0.5) is 0 Å². The first-order valence-corrected chi connectivity index (χ1v) is 4.06. The van der Waals surface area contributed by atoms with Crippen LogP contribution < -0.4 is 0 Å². The van der Waals surface area contributed by atoms with Crippen molar-refractivity contribution >= 4 is 11.6 Å². The molecule has 60 valence electrons. The van der Waals surface area contributed by atoms with Crippen LogP contribution in [0, 0.1) is 0 Å². The third kappa shape index (κ3) is 2.72. The molecule has 0 aliphatic carbocycles. The SMILES string of the molecule is CC/C(Cl)=C(\CC)C(C)O. The van der Waals surface area contributed by atoms with Crippen LogP contribution in [0.15, 0.2) is 10.6 Å². The number of aliphatic hydroxyl groups excluding tert-OH is 1. The molecule has 0 saturated heterocycles. The number of hydrogen-bond donors (Lipinski definition) is 1. The fourth-order valence-electron chi connectivity index (χ4n) is 0.941. The predicted octanol–water partition coefficient (Wildman–Crippen LogP) is 2.68. The van der Waals surface area contributed by atoms with Crippen molar-refractivity contribution < 1.29 is 5.11 Å². The lowest BCUT2D eigenvalue weighted by Crippen LogP contribution is -2.04. The van der Waals surface area contributed by atoms with Crippen LogP contribution in [-0.4, -0.2) is 11.2 Å². The summed E-state index contributed by atoms with van der Waals surface area (Å²) in [6.07, 6.45) is 1.26. The van der Waals surface area contributed by atoms with Crippen LogP contribution in [0.1, 0.15) is 33.6 Å². The Morgan fingerprint density at radius 3 is 2.00 bits per heavy atom. The van der Waals surface area contributed by atoms with Crippen LogP contribution in [0.5, 0.6) is 0 Å². The maximum absolute atomic E-state index is 9.17. The summed E-state index contributed by atoms with van der Waals surface area (Å²) < 4.78 is 0. The summed E-state index contributed by atoms with van der Waals surface area (Å²) in [6, 6.07) is 0. The lowest BCUT2D eigenvalue weighted by atomic mass is 10.1. The van der Waals surface area contributed by atoms with E-state index in [0.717, 1.165) is 23.4 Å². The molecule has 1 atom stereocenters. The number of aliphatic hydroxyl groups is 1. The zero-order chi connectivity index (χ0) is 8.15. The molecule has 0 heterocycles. The molecule has 0 fully saturated rings. The van der Waals surface area contributed by atoms with Gasteiger partial charge in [-0.15, -0.1) is 0 Å². The lowest BCUT2D eigenvalue weighted by molar-refractivity contribution is 0.227. The Morgan fingerprint density at radius 2 is 1.90 bits per heavy atom. The molecular weight excluding hydrogens is 148 g/mol. The van der Waals surface area contributed by atoms with Crippen LogP contribution in [0.25, 0.3) is 0 Å².